The van der Waals surface area contributed by atoms with Crippen LogP contribution in [-0.4, -0.2) is 53.5 Å². The number of carbonyl (C=O) groups is 3. The van der Waals surface area contributed by atoms with Crippen molar-refractivity contribution in [2.45, 2.75) is 32.7 Å². The van der Waals surface area contributed by atoms with Crippen LogP contribution in [0.5, 0.6) is 5.75 Å². The molecule has 1 unspecified atom stereocenters. The Hall–Kier alpha value is -2.28. The second-order valence-corrected chi connectivity index (χ2v) is 5.87. The van der Waals surface area contributed by atoms with E-state index in [0.29, 0.717) is 17.2 Å². The van der Waals surface area contributed by atoms with Crippen molar-refractivity contribution < 1.29 is 24.2 Å². The molecule has 0 heterocycles. The molecule has 1 atom stereocenters. The molecule has 2 amide bonds. The number of hydrogen-bond acceptors (Lipinski definition) is 4. The largest absolute Gasteiger partial charge is 0.492 e. The lowest BCUT2D eigenvalue weighted by atomic mass is 10.2. The number of aliphatic carboxylic acids is 1. The fraction of sp³-hybridized carbons (Fsp3) is 0.471. The van der Waals surface area contributed by atoms with Crippen molar-refractivity contribution in [3.8, 4) is 5.75 Å². The first-order chi connectivity index (χ1) is 11.8. The highest BCUT2D eigenvalue weighted by Crippen LogP contribution is 2.23. The van der Waals surface area contributed by atoms with Gasteiger partial charge in [0.1, 0.15) is 11.8 Å². The minimum absolute atomic E-state index is 0.136. The van der Waals surface area contributed by atoms with E-state index in [1.54, 1.807) is 24.3 Å². The number of halogens is 1. The molecule has 1 rings (SSSR count). The number of amides is 2. The molecule has 1 aromatic carbocycles. The molecule has 0 aliphatic carbocycles. The Morgan fingerprint density at radius 1 is 1.32 bits per heavy atom. The SMILES string of the molecule is CC(=O)NCCN(C(=O)CCCOc1ccccc1Cl)C(C)C(=O)O. The molecule has 0 aliphatic rings. The second kappa shape index (κ2) is 10.6. The van der Waals surface area contributed by atoms with Crippen molar-refractivity contribution in [1.82, 2.24) is 10.2 Å². The Morgan fingerprint density at radius 3 is 2.60 bits per heavy atom. The molecule has 138 valence electrons. The standard InChI is InChI=1S/C17H23ClN2O5/c1-12(17(23)24)20(10-9-19-13(2)21)16(22)8-5-11-25-15-7-4-3-6-14(15)18/h3-4,6-7,12H,5,8-11H2,1-2H3,(H,19,21)(H,23,24). The summed E-state index contributed by atoms with van der Waals surface area (Å²) in [7, 11) is 0. The molecule has 2 N–H and O–H groups in total. The third-order valence-electron chi connectivity index (χ3n) is 3.50. The first-order valence-corrected chi connectivity index (χ1v) is 8.34. The molecule has 0 aliphatic heterocycles. The number of hydrogen-bond donors (Lipinski definition) is 2. The third kappa shape index (κ3) is 7.43. The van der Waals surface area contributed by atoms with E-state index in [9.17, 15) is 14.4 Å². The molecule has 7 nitrogen and oxygen atoms in total. The summed E-state index contributed by atoms with van der Waals surface area (Å²) in [6.45, 7) is 3.43. The Bertz CT molecular complexity index is 608. The molecule has 0 saturated heterocycles. The number of rotatable bonds is 10. The van der Waals surface area contributed by atoms with Crippen LogP contribution in [-0.2, 0) is 14.4 Å². The summed E-state index contributed by atoms with van der Waals surface area (Å²) in [5, 5.41) is 12.2. The van der Waals surface area contributed by atoms with Crippen molar-refractivity contribution >= 4 is 29.4 Å². The average Bonchev–Trinajstić information content (AvgIpc) is 2.56. The predicted molar refractivity (Wildman–Crippen MR) is 93.7 cm³/mol. The fourth-order valence-corrected chi connectivity index (χ4v) is 2.32. The van der Waals surface area contributed by atoms with Crippen LogP contribution in [0, 0.1) is 0 Å². The maximum atomic E-state index is 12.3. The monoisotopic (exact) mass is 370 g/mol. The molecule has 0 fully saturated rings. The van der Waals surface area contributed by atoms with Crippen molar-refractivity contribution in [2.75, 3.05) is 19.7 Å². The quantitative estimate of drug-likeness (QED) is 0.613. The topological polar surface area (TPSA) is 95.9 Å². The summed E-state index contributed by atoms with van der Waals surface area (Å²) in [6.07, 6.45) is 0.565. The number of carboxylic acid groups (broad SMARTS) is 1. The van der Waals surface area contributed by atoms with Gasteiger partial charge in [-0.1, -0.05) is 23.7 Å². The van der Waals surface area contributed by atoms with E-state index in [-0.39, 0.29) is 37.9 Å². The summed E-state index contributed by atoms with van der Waals surface area (Å²) in [5.41, 5.74) is 0. The molecule has 0 aromatic heterocycles. The van der Waals surface area contributed by atoms with Gasteiger partial charge in [-0.15, -0.1) is 0 Å². The molecule has 0 bridgehead atoms. The first kappa shape index (κ1) is 20.8. The minimum Gasteiger partial charge on any atom is -0.492 e. The van der Waals surface area contributed by atoms with Crippen LogP contribution >= 0.6 is 11.6 Å². The van der Waals surface area contributed by atoms with Gasteiger partial charge in [0.2, 0.25) is 11.8 Å². The van der Waals surface area contributed by atoms with Crippen LogP contribution in [0.3, 0.4) is 0 Å². The van der Waals surface area contributed by atoms with E-state index < -0.39 is 12.0 Å². The van der Waals surface area contributed by atoms with Crippen LogP contribution in [0.2, 0.25) is 5.02 Å². The molecule has 1 aromatic rings. The van der Waals surface area contributed by atoms with Gasteiger partial charge >= 0.3 is 5.97 Å². The van der Waals surface area contributed by atoms with Gasteiger partial charge in [0.15, 0.2) is 0 Å². The summed E-state index contributed by atoms with van der Waals surface area (Å²) in [6, 6.07) is 6.06. The highest BCUT2D eigenvalue weighted by atomic mass is 35.5. The van der Waals surface area contributed by atoms with E-state index in [0.717, 1.165) is 0 Å². The Morgan fingerprint density at radius 2 is 2.00 bits per heavy atom. The number of ether oxygens (including phenoxy) is 1. The van der Waals surface area contributed by atoms with E-state index in [2.05, 4.69) is 5.32 Å². The van der Waals surface area contributed by atoms with Gasteiger partial charge in [0, 0.05) is 26.4 Å². The Balaban J connectivity index is 2.49. The Labute approximate surface area is 151 Å². The zero-order valence-electron chi connectivity index (χ0n) is 14.3. The second-order valence-electron chi connectivity index (χ2n) is 5.47. The number of carboxylic acids is 1. The molecule has 0 radical (unpaired) electrons. The van der Waals surface area contributed by atoms with Gasteiger partial charge in [0.05, 0.1) is 11.6 Å². The van der Waals surface area contributed by atoms with Crippen LogP contribution in [0.15, 0.2) is 24.3 Å². The number of para-hydroxylation sites is 1. The molecule has 8 heteroatoms. The maximum Gasteiger partial charge on any atom is 0.326 e. The number of nitrogens with zero attached hydrogens (tertiary/aromatic N) is 1. The van der Waals surface area contributed by atoms with Crippen molar-refractivity contribution in [3.05, 3.63) is 29.3 Å². The number of benzene rings is 1. The van der Waals surface area contributed by atoms with Gasteiger partial charge in [-0.3, -0.25) is 9.59 Å². The molecular weight excluding hydrogens is 348 g/mol. The lowest BCUT2D eigenvalue weighted by Gasteiger charge is -2.26. The summed E-state index contributed by atoms with van der Waals surface area (Å²) in [5.74, 6) is -1.09. The molecule has 25 heavy (non-hydrogen) atoms. The smallest absolute Gasteiger partial charge is 0.326 e. The zero-order chi connectivity index (χ0) is 18.8. The van der Waals surface area contributed by atoms with Crippen molar-refractivity contribution in [2.24, 2.45) is 0 Å². The van der Waals surface area contributed by atoms with Gasteiger partial charge < -0.3 is 20.1 Å². The highest BCUT2D eigenvalue weighted by Gasteiger charge is 2.24. The van der Waals surface area contributed by atoms with Crippen LogP contribution in [0.1, 0.15) is 26.7 Å². The summed E-state index contributed by atoms with van der Waals surface area (Å²) >= 11 is 5.98. The minimum atomic E-state index is -1.09. The van der Waals surface area contributed by atoms with Crippen LogP contribution in [0.25, 0.3) is 0 Å². The normalized spacial score (nSPS) is 11.5. The maximum absolute atomic E-state index is 12.3. The predicted octanol–water partition coefficient (Wildman–Crippen LogP) is 1.94. The van der Waals surface area contributed by atoms with Gasteiger partial charge in [-0.25, -0.2) is 4.79 Å². The van der Waals surface area contributed by atoms with Crippen LogP contribution in [0.4, 0.5) is 0 Å². The van der Waals surface area contributed by atoms with Gasteiger partial charge in [-0.2, -0.15) is 0 Å². The third-order valence-corrected chi connectivity index (χ3v) is 3.81. The molecule has 0 spiro atoms. The fourth-order valence-electron chi connectivity index (χ4n) is 2.13. The average molecular weight is 371 g/mol. The summed E-state index contributed by atoms with van der Waals surface area (Å²) in [4.78, 5) is 35.6. The van der Waals surface area contributed by atoms with Crippen molar-refractivity contribution in [3.63, 3.8) is 0 Å². The highest BCUT2D eigenvalue weighted by molar-refractivity contribution is 6.32. The van der Waals surface area contributed by atoms with E-state index in [1.807, 2.05) is 0 Å². The van der Waals surface area contributed by atoms with Gasteiger partial charge in [0.25, 0.3) is 0 Å². The lowest BCUT2D eigenvalue weighted by Crippen LogP contribution is -2.46. The molecular formula is C17H23ClN2O5. The number of carbonyl (C=O) groups excluding carboxylic acids is 2. The number of nitrogens with one attached hydrogen (secondary N) is 1. The first-order valence-electron chi connectivity index (χ1n) is 7.97. The summed E-state index contributed by atoms with van der Waals surface area (Å²) < 4.78 is 5.51. The van der Waals surface area contributed by atoms with Gasteiger partial charge in [-0.05, 0) is 25.5 Å². The molecule has 0 saturated carbocycles. The van der Waals surface area contributed by atoms with Crippen molar-refractivity contribution in [1.29, 1.82) is 0 Å². The van der Waals surface area contributed by atoms with E-state index in [4.69, 9.17) is 21.4 Å². The van der Waals surface area contributed by atoms with E-state index >= 15 is 0 Å². The van der Waals surface area contributed by atoms with Crippen LogP contribution < -0.4 is 10.1 Å². The lowest BCUT2D eigenvalue weighted by molar-refractivity contribution is -0.149. The zero-order valence-corrected chi connectivity index (χ0v) is 15.1. The Kier molecular flexibility index (Phi) is 8.77. The van der Waals surface area contributed by atoms with E-state index in [1.165, 1.54) is 18.7 Å².